The Labute approximate surface area is 118 Å². The van der Waals surface area contributed by atoms with Gasteiger partial charge >= 0.3 is 12.1 Å². The lowest BCUT2D eigenvalue weighted by molar-refractivity contribution is -0.169. The zero-order chi connectivity index (χ0) is 15.9. The third-order valence-electron chi connectivity index (χ3n) is 1.87. The van der Waals surface area contributed by atoms with E-state index >= 15 is 0 Å². The van der Waals surface area contributed by atoms with Gasteiger partial charge in [0.15, 0.2) is 0 Å². The van der Waals surface area contributed by atoms with Crippen molar-refractivity contribution in [3.05, 3.63) is 35.4 Å². The molecule has 1 amide bonds. The van der Waals surface area contributed by atoms with Gasteiger partial charge in [-0.05, 0) is 23.7 Å². The van der Waals surface area contributed by atoms with E-state index in [0.29, 0.717) is 0 Å². The van der Waals surface area contributed by atoms with Crippen molar-refractivity contribution in [2.24, 2.45) is 10.7 Å². The van der Waals surface area contributed by atoms with E-state index in [1.807, 2.05) is 13.8 Å². The Balaban J connectivity index is 0.00000172. The second kappa shape index (κ2) is 7.64. The van der Waals surface area contributed by atoms with E-state index in [-0.39, 0.29) is 11.1 Å². The highest BCUT2D eigenvalue weighted by Gasteiger charge is 2.38. The van der Waals surface area contributed by atoms with Crippen molar-refractivity contribution in [2.75, 3.05) is 0 Å². The van der Waals surface area contributed by atoms with Gasteiger partial charge in [0, 0.05) is 11.1 Å². The minimum absolute atomic E-state index is 0.0780. The van der Waals surface area contributed by atoms with Crippen LogP contribution in [0.5, 0.6) is 0 Å². The molecule has 0 aliphatic rings. The molecule has 2 N–H and O–H groups in total. The van der Waals surface area contributed by atoms with E-state index in [9.17, 15) is 22.8 Å². The molecule has 0 atom stereocenters. The monoisotopic (exact) mass is 308 g/mol. The summed E-state index contributed by atoms with van der Waals surface area (Å²) in [6, 6.07) is 4.98. The van der Waals surface area contributed by atoms with Crippen molar-refractivity contribution < 1.29 is 22.8 Å². The summed E-state index contributed by atoms with van der Waals surface area (Å²) in [4.78, 5) is 24.0. The molecule has 0 saturated carbocycles. The van der Waals surface area contributed by atoms with Crippen LogP contribution in [0.15, 0.2) is 29.3 Å². The maximum atomic E-state index is 11.9. The second-order valence-corrected chi connectivity index (χ2v) is 3.49. The molecule has 0 bridgehead atoms. The van der Waals surface area contributed by atoms with Gasteiger partial charge in [0.1, 0.15) is 5.84 Å². The number of aliphatic imine (C=N–C) groups is 1. The molecule has 0 spiro atoms. The van der Waals surface area contributed by atoms with Crippen LogP contribution >= 0.6 is 11.6 Å². The summed E-state index contributed by atoms with van der Waals surface area (Å²) in [6.07, 6.45) is -5.07. The van der Waals surface area contributed by atoms with Gasteiger partial charge in [-0.3, -0.25) is 9.59 Å². The zero-order valence-electron chi connectivity index (χ0n) is 10.7. The first-order valence-corrected chi connectivity index (χ1v) is 5.85. The van der Waals surface area contributed by atoms with E-state index in [4.69, 9.17) is 17.3 Å². The molecule has 110 valence electrons. The van der Waals surface area contributed by atoms with Crippen LogP contribution in [0.2, 0.25) is 0 Å². The predicted octanol–water partition coefficient (Wildman–Crippen LogP) is 2.89. The molecule has 0 aliphatic carbocycles. The average molecular weight is 309 g/mol. The standard InChI is InChI=1S/C10H6ClF3N2O2.C2H6/c11-7(17)5-1-3-6(4-2-5)8(15)16-9(18)10(12,13)14;1-2/h1-4H,(H2,15,16,18);1-2H3. The van der Waals surface area contributed by atoms with Crippen LogP contribution in [0.4, 0.5) is 13.2 Å². The van der Waals surface area contributed by atoms with Crippen molar-refractivity contribution in [1.82, 2.24) is 0 Å². The Morgan fingerprint density at radius 1 is 1.10 bits per heavy atom. The Kier molecular flexibility index (Phi) is 6.92. The molecule has 0 heterocycles. The van der Waals surface area contributed by atoms with Crippen molar-refractivity contribution in [3.8, 4) is 0 Å². The van der Waals surface area contributed by atoms with E-state index in [2.05, 4.69) is 4.99 Å². The maximum absolute atomic E-state index is 11.9. The highest BCUT2D eigenvalue weighted by Crippen LogP contribution is 2.17. The van der Waals surface area contributed by atoms with Crippen molar-refractivity contribution >= 4 is 28.6 Å². The highest BCUT2D eigenvalue weighted by atomic mass is 35.5. The fourth-order valence-corrected chi connectivity index (χ4v) is 1.14. The number of carbonyl (C=O) groups excluding carboxylic acids is 2. The summed E-state index contributed by atoms with van der Waals surface area (Å²) in [5, 5.41) is -0.719. The van der Waals surface area contributed by atoms with E-state index in [0.717, 1.165) is 0 Å². The van der Waals surface area contributed by atoms with Gasteiger partial charge in [0.2, 0.25) is 0 Å². The molecule has 1 aromatic carbocycles. The van der Waals surface area contributed by atoms with Gasteiger partial charge in [0.05, 0.1) is 0 Å². The number of alkyl halides is 3. The van der Waals surface area contributed by atoms with Gasteiger partial charge in [-0.1, -0.05) is 26.0 Å². The molecule has 4 nitrogen and oxygen atoms in total. The number of carbonyl (C=O) groups is 2. The normalized spacial score (nSPS) is 11.4. The van der Waals surface area contributed by atoms with Crippen LogP contribution in [-0.2, 0) is 4.79 Å². The molecule has 1 rings (SSSR count). The minimum Gasteiger partial charge on any atom is -0.383 e. The molecule has 0 fully saturated rings. The fourth-order valence-electron chi connectivity index (χ4n) is 1.01. The lowest BCUT2D eigenvalue weighted by atomic mass is 10.1. The average Bonchev–Trinajstić information content (AvgIpc) is 2.40. The number of nitrogens with two attached hydrogens (primary N) is 1. The number of halogens is 4. The maximum Gasteiger partial charge on any atom is 0.473 e. The first-order chi connectivity index (χ1) is 9.21. The van der Waals surface area contributed by atoms with Crippen LogP contribution in [0.3, 0.4) is 0 Å². The van der Waals surface area contributed by atoms with E-state index in [1.54, 1.807) is 0 Å². The number of hydrogen-bond acceptors (Lipinski definition) is 2. The summed E-state index contributed by atoms with van der Waals surface area (Å²) >= 11 is 5.18. The van der Waals surface area contributed by atoms with Crippen LogP contribution in [-0.4, -0.2) is 23.2 Å². The van der Waals surface area contributed by atoms with Gasteiger partial charge in [-0.15, -0.1) is 0 Å². The molecule has 0 aromatic heterocycles. The number of rotatable bonds is 2. The molecule has 0 saturated heterocycles. The summed E-state index contributed by atoms with van der Waals surface area (Å²) in [6.45, 7) is 4.00. The Morgan fingerprint density at radius 2 is 1.50 bits per heavy atom. The van der Waals surface area contributed by atoms with Crippen LogP contribution in [0, 0.1) is 0 Å². The van der Waals surface area contributed by atoms with Crippen LogP contribution in [0.1, 0.15) is 29.8 Å². The van der Waals surface area contributed by atoms with Gasteiger partial charge < -0.3 is 5.73 Å². The van der Waals surface area contributed by atoms with Gasteiger partial charge in [-0.2, -0.15) is 18.2 Å². The molecule has 0 aliphatic heterocycles. The van der Waals surface area contributed by atoms with Crippen molar-refractivity contribution in [2.45, 2.75) is 20.0 Å². The number of amides is 1. The smallest absolute Gasteiger partial charge is 0.383 e. The third-order valence-corrected chi connectivity index (χ3v) is 2.09. The third kappa shape index (κ3) is 5.40. The Hall–Kier alpha value is -1.89. The number of hydrogen-bond donors (Lipinski definition) is 1. The van der Waals surface area contributed by atoms with Gasteiger partial charge in [0.25, 0.3) is 5.24 Å². The lowest BCUT2D eigenvalue weighted by Crippen LogP contribution is -2.25. The number of benzene rings is 1. The zero-order valence-corrected chi connectivity index (χ0v) is 11.4. The second-order valence-electron chi connectivity index (χ2n) is 3.15. The van der Waals surface area contributed by atoms with Crippen LogP contribution in [0.25, 0.3) is 0 Å². The topological polar surface area (TPSA) is 72.5 Å². The first-order valence-electron chi connectivity index (χ1n) is 5.47. The molecular formula is C12H12ClF3N2O2. The lowest BCUT2D eigenvalue weighted by Gasteiger charge is -2.03. The molecule has 0 radical (unpaired) electrons. The number of amidine groups is 1. The molecule has 8 heteroatoms. The SMILES string of the molecule is CC.NC(=NC(=O)C(F)(F)F)c1ccc(C(=O)Cl)cc1. The molecular weight excluding hydrogens is 297 g/mol. The summed E-state index contributed by atoms with van der Waals surface area (Å²) in [5.74, 6) is -2.89. The quantitative estimate of drug-likeness (QED) is 0.519. The fraction of sp³-hybridized carbons (Fsp3) is 0.250. The van der Waals surface area contributed by atoms with Gasteiger partial charge in [-0.25, -0.2) is 0 Å². The Morgan fingerprint density at radius 3 is 1.85 bits per heavy atom. The van der Waals surface area contributed by atoms with Crippen molar-refractivity contribution in [1.29, 1.82) is 0 Å². The summed E-state index contributed by atoms with van der Waals surface area (Å²) in [5.41, 5.74) is 5.46. The molecule has 20 heavy (non-hydrogen) atoms. The van der Waals surface area contributed by atoms with E-state index < -0.39 is 23.2 Å². The van der Waals surface area contributed by atoms with Crippen LogP contribution < -0.4 is 5.73 Å². The Bertz CT molecular complexity index is 510. The molecule has 1 aromatic rings. The predicted molar refractivity (Wildman–Crippen MR) is 69.8 cm³/mol. The highest BCUT2D eigenvalue weighted by molar-refractivity contribution is 6.67. The minimum atomic E-state index is -5.07. The number of nitrogens with zero attached hydrogens (tertiary/aromatic N) is 1. The largest absolute Gasteiger partial charge is 0.473 e. The molecule has 0 unspecified atom stereocenters. The first kappa shape index (κ1) is 18.1. The van der Waals surface area contributed by atoms with Crippen molar-refractivity contribution in [3.63, 3.8) is 0 Å². The summed E-state index contributed by atoms with van der Waals surface area (Å²) < 4.78 is 35.8. The van der Waals surface area contributed by atoms with E-state index in [1.165, 1.54) is 24.3 Å². The summed E-state index contributed by atoms with van der Waals surface area (Å²) in [7, 11) is 0.